The van der Waals surface area contributed by atoms with Gasteiger partial charge >= 0.3 is 0 Å². The van der Waals surface area contributed by atoms with Crippen molar-refractivity contribution in [3.63, 3.8) is 0 Å². The fourth-order valence-electron chi connectivity index (χ4n) is 2.74. The Morgan fingerprint density at radius 1 is 1.07 bits per heavy atom. The lowest BCUT2D eigenvalue weighted by atomic mass is 10.2. The Bertz CT molecular complexity index is 1270. The summed E-state index contributed by atoms with van der Waals surface area (Å²) in [6.45, 7) is 1.68. The smallest absolute Gasteiger partial charge is 0.262 e. The van der Waals surface area contributed by atoms with Crippen molar-refractivity contribution >= 4 is 48.8 Å². The van der Waals surface area contributed by atoms with Crippen molar-refractivity contribution in [3.8, 4) is 0 Å². The number of aryl methyl sites for hydroxylation is 1. The molecule has 0 saturated heterocycles. The lowest BCUT2D eigenvalue weighted by Crippen LogP contribution is -2.15. The standard InChI is InChI=1S/C19H15FN4O2S2/c1-12-6-7-13(23-18-14-8-9-27-19(14)22-11-21-18)10-17(12)28(25,26)24-16-5-3-2-4-15(16)20/h2-11,24H,1H3,(H,21,22,23). The van der Waals surface area contributed by atoms with Crippen LogP contribution in [0, 0.1) is 12.7 Å². The van der Waals surface area contributed by atoms with Crippen LogP contribution in [0.1, 0.15) is 5.56 Å². The zero-order valence-corrected chi connectivity index (χ0v) is 16.3. The number of halogens is 1. The Balaban J connectivity index is 1.69. The normalized spacial score (nSPS) is 11.5. The number of fused-ring (bicyclic) bond motifs is 1. The summed E-state index contributed by atoms with van der Waals surface area (Å²) in [4.78, 5) is 9.32. The zero-order chi connectivity index (χ0) is 19.7. The molecular weight excluding hydrogens is 399 g/mol. The fraction of sp³-hybridized carbons (Fsp3) is 0.0526. The molecule has 2 N–H and O–H groups in total. The van der Waals surface area contributed by atoms with Gasteiger partial charge in [-0.05, 0) is 48.2 Å². The summed E-state index contributed by atoms with van der Waals surface area (Å²) in [6.07, 6.45) is 1.45. The summed E-state index contributed by atoms with van der Waals surface area (Å²) in [5, 5.41) is 5.90. The topological polar surface area (TPSA) is 84.0 Å². The van der Waals surface area contributed by atoms with Crippen LogP contribution in [0.25, 0.3) is 10.2 Å². The van der Waals surface area contributed by atoms with Crippen LogP contribution in [0.2, 0.25) is 0 Å². The number of hydrogen-bond acceptors (Lipinski definition) is 6. The Morgan fingerprint density at radius 3 is 2.71 bits per heavy atom. The number of benzene rings is 2. The van der Waals surface area contributed by atoms with Crippen LogP contribution in [0.4, 0.5) is 21.6 Å². The Hall–Kier alpha value is -3.04. The van der Waals surface area contributed by atoms with E-state index in [9.17, 15) is 12.8 Å². The summed E-state index contributed by atoms with van der Waals surface area (Å²) in [6, 6.07) is 12.5. The fourth-order valence-corrected chi connectivity index (χ4v) is 4.81. The third-order valence-electron chi connectivity index (χ3n) is 4.12. The number of nitrogens with zero attached hydrogens (tertiary/aromatic N) is 2. The second-order valence-corrected chi connectivity index (χ2v) is 8.60. The molecule has 4 rings (SSSR count). The van der Waals surface area contributed by atoms with Gasteiger partial charge in [-0.2, -0.15) is 0 Å². The molecule has 6 nitrogen and oxygen atoms in total. The molecule has 0 amide bonds. The monoisotopic (exact) mass is 414 g/mol. The summed E-state index contributed by atoms with van der Waals surface area (Å²) in [5.74, 6) is -0.0562. The molecule has 9 heteroatoms. The summed E-state index contributed by atoms with van der Waals surface area (Å²) in [5.41, 5.74) is 0.986. The van der Waals surface area contributed by atoms with Crippen molar-refractivity contribution in [1.29, 1.82) is 0 Å². The average molecular weight is 414 g/mol. The third-order valence-corrected chi connectivity index (χ3v) is 6.45. The van der Waals surface area contributed by atoms with Gasteiger partial charge in [-0.3, -0.25) is 4.72 Å². The van der Waals surface area contributed by atoms with E-state index in [0.29, 0.717) is 17.1 Å². The molecule has 28 heavy (non-hydrogen) atoms. The van der Waals surface area contributed by atoms with Crippen LogP contribution in [0.5, 0.6) is 0 Å². The maximum absolute atomic E-state index is 13.9. The van der Waals surface area contributed by atoms with Crippen LogP contribution in [0.3, 0.4) is 0 Å². The lowest BCUT2D eigenvalue weighted by molar-refractivity contribution is 0.598. The first kappa shape index (κ1) is 18.3. The van der Waals surface area contributed by atoms with Crippen LogP contribution in [-0.4, -0.2) is 18.4 Å². The summed E-state index contributed by atoms with van der Waals surface area (Å²) in [7, 11) is -3.97. The minimum atomic E-state index is -3.97. The second-order valence-electron chi connectivity index (χ2n) is 6.05. The van der Waals surface area contributed by atoms with Crippen molar-refractivity contribution in [2.45, 2.75) is 11.8 Å². The number of sulfonamides is 1. The van der Waals surface area contributed by atoms with Gasteiger partial charge in [-0.1, -0.05) is 18.2 Å². The van der Waals surface area contributed by atoms with Crippen molar-refractivity contribution in [2.24, 2.45) is 0 Å². The average Bonchev–Trinajstić information content (AvgIpc) is 3.15. The van der Waals surface area contributed by atoms with E-state index >= 15 is 0 Å². The predicted octanol–water partition coefficient (Wildman–Crippen LogP) is 4.68. The third kappa shape index (κ3) is 3.54. The highest BCUT2D eigenvalue weighted by atomic mass is 32.2. The number of anilines is 3. The molecule has 2 heterocycles. The maximum atomic E-state index is 13.9. The summed E-state index contributed by atoms with van der Waals surface area (Å²) >= 11 is 1.49. The quantitative estimate of drug-likeness (QED) is 0.495. The molecule has 142 valence electrons. The number of para-hydroxylation sites is 1. The van der Waals surface area contributed by atoms with Crippen LogP contribution in [0.15, 0.2) is 65.1 Å². The van der Waals surface area contributed by atoms with Crippen molar-refractivity contribution in [1.82, 2.24) is 9.97 Å². The Kier molecular flexibility index (Phi) is 4.70. The van der Waals surface area contributed by atoms with E-state index in [1.54, 1.807) is 25.1 Å². The van der Waals surface area contributed by atoms with E-state index in [4.69, 9.17) is 0 Å². The maximum Gasteiger partial charge on any atom is 0.262 e. The van der Waals surface area contributed by atoms with Gasteiger partial charge in [0, 0.05) is 5.69 Å². The highest BCUT2D eigenvalue weighted by Gasteiger charge is 2.19. The molecule has 0 aliphatic heterocycles. The number of aromatic nitrogens is 2. The Morgan fingerprint density at radius 2 is 1.89 bits per heavy atom. The largest absolute Gasteiger partial charge is 0.340 e. The molecule has 2 aromatic heterocycles. The molecule has 0 radical (unpaired) electrons. The van der Waals surface area contributed by atoms with E-state index < -0.39 is 15.8 Å². The lowest BCUT2D eigenvalue weighted by Gasteiger charge is -2.13. The van der Waals surface area contributed by atoms with Crippen LogP contribution in [-0.2, 0) is 10.0 Å². The molecule has 0 spiro atoms. The molecule has 0 bridgehead atoms. The van der Waals surface area contributed by atoms with E-state index in [-0.39, 0.29) is 10.6 Å². The second kappa shape index (κ2) is 7.17. The van der Waals surface area contributed by atoms with Crippen molar-refractivity contribution in [2.75, 3.05) is 10.0 Å². The Labute approximate surface area is 165 Å². The molecule has 0 unspecified atom stereocenters. The predicted molar refractivity (Wildman–Crippen MR) is 109 cm³/mol. The zero-order valence-electron chi connectivity index (χ0n) is 14.7. The number of nitrogens with one attached hydrogen (secondary N) is 2. The number of thiophene rings is 1. The van der Waals surface area contributed by atoms with Gasteiger partial charge in [0.2, 0.25) is 0 Å². The van der Waals surface area contributed by atoms with E-state index in [0.717, 1.165) is 10.2 Å². The first-order valence-electron chi connectivity index (χ1n) is 8.27. The van der Waals surface area contributed by atoms with Crippen LogP contribution >= 0.6 is 11.3 Å². The molecular formula is C19H15FN4O2S2. The summed E-state index contributed by atoms with van der Waals surface area (Å²) < 4.78 is 41.8. The van der Waals surface area contributed by atoms with Gasteiger partial charge in [0.1, 0.15) is 22.8 Å². The molecule has 2 aromatic carbocycles. The van der Waals surface area contributed by atoms with Gasteiger partial charge < -0.3 is 5.32 Å². The van der Waals surface area contributed by atoms with Gasteiger partial charge in [0.15, 0.2) is 0 Å². The first-order chi connectivity index (χ1) is 13.4. The molecule has 0 atom stereocenters. The highest BCUT2D eigenvalue weighted by Crippen LogP contribution is 2.29. The highest BCUT2D eigenvalue weighted by molar-refractivity contribution is 7.92. The molecule has 0 aliphatic carbocycles. The SMILES string of the molecule is Cc1ccc(Nc2ncnc3sccc23)cc1S(=O)(=O)Nc1ccccc1F. The molecule has 4 aromatic rings. The minimum absolute atomic E-state index is 0.0522. The van der Waals surface area contributed by atoms with Crippen molar-refractivity contribution < 1.29 is 12.8 Å². The van der Waals surface area contributed by atoms with Gasteiger partial charge in [-0.15, -0.1) is 11.3 Å². The van der Waals surface area contributed by atoms with Crippen LogP contribution < -0.4 is 10.0 Å². The molecule has 0 aliphatic rings. The number of rotatable bonds is 5. The molecule has 0 saturated carbocycles. The number of hydrogen-bond donors (Lipinski definition) is 2. The van der Waals surface area contributed by atoms with Crippen molar-refractivity contribution in [3.05, 3.63) is 71.6 Å². The van der Waals surface area contributed by atoms with E-state index in [2.05, 4.69) is 20.0 Å². The van der Waals surface area contributed by atoms with E-state index in [1.807, 2.05) is 11.4 Å². The first-order valence-corrected chi connectivity index (χ1v) is 10.6. The van der Waals surface area contributed by atoms with E-state index in [1.165, 1.54) is 41.9 Å². The van der Waals surface area contributed by atoms with Gasteiger partial charge in [0.25, 0.3) is 10.0 Å². The van der Waals surface area contributed by atoms with Gasteiger partial charge in [0.05, 0.1) is 16.0 Å². The molecule has 0 fully saturated rings. The minimum Gasteiger partial charge on any atom is -0.340 e. The van der Waals surface area contributed by atoms with Gasteiger partial charge in [-0.25, -0.2) is 22.8 Å².